The van der Waals surface area contributed by atoms with Crippen LogP contribution < -0.4 is 11.1 Å². The molecule has 4 N–H and O–H groups in total. The number of aromatic nitrogens is 2. The Balaban J connectivity index is 1.77. The van der Waals surface area contributed by atoms with Crippen LogP contribution in [0, 0.1) is 0 Å². The summed E-state index contributed by atoms with van der Waals surface area (Å²) >= 11 is 2.97. The number of nitrogens with one attached hydrogen (secondary N) is 2. The van der Waals surface area contributed by atoms with Gasteiger partial charge in [-0.1, -0.05) is 26.0 Å². The molecule has 2 heterocycles. The van der Waals surface area contributed by atoms with Crippen molar-refractivity contribution in [2.75, 3.05) is 5.32 Å². The lowest BCUT2D eigenvalue weighted by molar-refractivity contribution is 0.0993. The first kappa shape index (κ1) is 18.2. The standard InChI is InChI=1S/C18H18N4O2S2/c1-10(2)26-15-6-4-3-5-12(15)17(24)22-18-21-14(9-25-18)11-7-13(16(19)23)20-8-11/h3-10,20H,1-2H3,(H2,19,23)(H,21,22,24). The second kappa shape index (κ2) is 7.76. The van der Waals surface area contributed by atoms with E-state index in [9.17, 15) is 9.59 Å². The number of thioether (sulfide) groups is 1. The lowest BCUT2D eigenvalue weighted by Gasteiger charge is -2.10. The molecule has 0 fully saturated rings. The molecular formula is C18H18N4O2S2. The Kier molecular flexibility index (Phi) is 5.43. The first-order valence-electron chi connectivity index (χ1n) is 7.95. The third-order valence-corrected chi connectivity index (χ3v) is 5.30. The third-order valence-electron chi connectivity index (χ3n) is 3.46. The molecule has 0 radical (unpaired) electrons. The normalized spacial score (nSPS) is 10.9. The van der Waals surface area contributed by atoms with Gasteiger partial charge in [-0.3, -0.25) is 14.9 Å². The van der Waals surface area contributed by atoms with E-state index in [1.54, 1.807) is 30.1 Å². The summed E-state index contributed by atoms with van der Waals surface area (Å²) in [5, 5.41) is 5.54. The minimum Gasteiger partial charge on any atom is -0.364 e. The molecule has 6 nitrogen and oxygen atoms in total. The molecule has 0 aliphatic heterocycles. The van der Waals surface area contributed by atoms with Crippen LogP contribution in [0.15, 0.2) is 46.8 Å². The first-order chi connectivity index (χ1) is 12.4. The summed E-state index contributed by atoms with van der Waals surface area (Å²) in [6.07, 6.45) is 1.66. The van der Waals surface area contributed by atoms with Crippen molar-refractivity contribution in [2.45, 2.75) is 24.0 Å². The van der Waals surface area contributed by atoms with Crippen molar-refractivity contribution in [3.05, 3.63) is 53.2 Å². The fourth-order valence-corrected chi connectivity index (χ4v) is 3.99. The van der Waals surface area contributed by atoms with Gasteiger partial charge in [-0.15, -0.1) is 23.1 Å². The number of aromatic amines is 1. The van der Waals surface area contributed by atoms with Crippen molar-refractivity contribution in [1.82, 2.24) is 9.97 Å². The number of anilines is 1. The van der Waals surface area contributed by atoms with Gasteiger partial charge in [-0.25, -0.2) is 4.98 Å². The van der Waals surface area contributed by atoms with Crippen LogP contribution in [0.2, 0.25) is 0 Å². The van der Waals surface area contributed by atoms with E-state index >= 15 is 0 Å². The lowest BCUT2D eigenvalue weighted by atomic mass is 10.2. The average Bonchev–Trinajstić information content (AvgIpc) is 3.23. The molecule has 2 amide bonds. The quantitative estimate of drug-likeness (QED) is 0.558. The van der Waals surface area contributed by atoms with E-state index in [0.29, 0.717) is 27.3 Å². The molecular weight excluding hydrogens is 368 g/mol. The fraction of sp³-hybridized carbons (Fsp3) is 0.167. The number of nitrogens with two attached hydrogens (primary N) is 1. The van der Waals surface area contributed by atoms with Crippen molar-refractivity contribution in [3.8, 4) is 11.3 Å². The highest BCUT2D eigenvalue weighted by Crippen LogP contribution is 2.29. The Labute approximate surface area is 159 Å². The number of hydrogen-bond donors (Lipinski definition) is 3. The Hall–Kier alpha value is -2.58. The number of benzene rings is 1. The summed E-state index contributed by atoms with van der Waals surface area (Å²) < 4.78 is 0. The molecule has 0 atom stereocenters. The van der Waals surface area contributed by atoms with Crippen LogP contribution in [0.1, 0.15) is 34.7 Å². The number of carbonyl (C=O) groups excluding carboxylic acids is 2. The van der Waals surface area contributed by atoms with Crippen molar-refractivity contribution < 1.29 is 9.59 Å². The van der Waals surface area contributed by atoms with Gasteiger partial charge in [0, 0.05) is 27.3 Å². The van der Waals surface area contributed by atoms with Gasteiger partial charge < -0.3 is 10.7 Å². The zero-order valence-corrected chi connectivity index (χ0v) is 15.9. The summed E-state index contributed by atoms with van der Waals surface area (Å²) in [4.78, 5) is 32.0. The van der Waals surface area contributed by atoms with Gasteiger partial charge in [0.15, 0.2) is 5.13 Å². The van der Waals surface area contributed by atoms with Crippen molar-refractivity contribution in [2.24, 2.45) is 5.73 Å². The zero-order valence-electron chi connectivity index (χ0n) is 14.3. The van der Waals surface area contributed by atoms with E-state index < -0.39 is 5.91 Å². The van der Waals surface area contributed by atoms with Gasteiger partial charge in [0.25, 0.3) is 11.8 Å². The van der Waals surface area contributed by atoms with E-state index in [0.717, 1.165) is 10.5 Å². The van der Waals surface area contributed by atoms with Crippen LogP contribution in [0.5, 0.6) is 0 Å². The van der Waals surface area contributed by atoms with Gasteiger partial charge in [0.05, 0.1) is 11.3 Å². The number of carbonyl (C=O) groups is 2. The number of primary amides is 1. The maximum Gasteiger partial charge on any atom is 0.265 e. The number of nitrogens with zero attached hydrogens (tertiary/aromatic N) is 1. The highest BCUT2D eigenvalue weighted by molar-refractivity contribution is 8.00. The third kappa shape index (κ3) is 4.14. The van der Waals surface area contributed by atoms with Crippen LogP contribution in [0.4, 0.5) is 5.13 Å². The molecule has 1 aromatic carbocycles. The average molecular weight is 387 g/mol. The molecule has 0 spiro atoms. The van der Waals surface area contributed by atoms with E-state index in [4.69, 9.17) is 5.73 Å². The second-order valence-electron chi connectivity index (χ2n) is 5.82. The molecule has 0 bridgehead atoms. The molecule has 0 aliphatic carbocycles. The Morgan fingerprint density at radius 1 is 1.31 bits per heavy atom. The van der Waals surface area contributed by atoms with E-state index in [1.807, 2.05) is 23.6 Å². The summed E-state index contributed by atoms with van der Waals surface area (Å²) in [5.41, 5.74) is 7.59. The number of rotatable bonds is 6. The molecule has 2 aromatic heterocycles. The van der Waals surface area contributed by atoms with Crippen molar-refractivity contribution in [3.63, 3.8) is 0 Å². The molecule has 8 heteroatoms. The predicted molar refractivity (Wildman–Crippen MR) is 106 cm³/mol. The molecule has 134 valence electrons. The van der Waals surface area contributed by atoms with Crippen LogP contribution in [-0.4, -0.2) is 27.0 Å². The van der Waals surface area contributed by atoms with Gasteiger partial charge in [0.2, 0.25) is 0 Å². The molecule has 0 saturated carbocycles. The van der Waals surface area contributed by atoms with Gasteiger partial charge in [0.1, 0.15) is 5.69 Å². The molecule has 26 heavy (non-hydrogen) atoms. The number of hydrogen-bond acceptors (Lipinski definition) is 5. The van der Waals surface area contributed by atoms with E-state index in [1.165, 1.54) is 11.3 Å². The minimum atomic E-state index is -0.528. The number of H-pyrrole nitrogens is 1. The molecule has 0 saturated heterocycles. The highest BCUT2D eigenvalue weighted by atomic mass is 32.2. The Bertz CT molecular complexity index is 946. The maximum absolute atomic E-state index is 12.6. The summed E-state index contributed by atoms with van der Waals surface area (Å²) in [6.45, 7) is 4.17. The second-order valence-corrected chi connectivity index (χ2v) is 8.30. The van der Waals surface area contributed by atoms with Crippen molar-refractivity contribution >= 4 is 40.0 Å². The zero-order chi connectivity index (χ0) is 18.7. The smallest absolute Gasteiger partial charge is 0.265 e. The number of thiazole rings is 1. The Morgan fingerprint density at radius 3 is 2.77 bits per heavy atom. The molecule has 0 unspecified atom stereocenters. The fourth-order valence-electron chi connectivity index (χ4n) is 2.32. The molecule has 3 rings (SSSR count). The molecule has 3 aromatic rings. The highest BCUT2D eigenvalue weighted by Gasteiger charge is 2.15. The Morgan fingerprint density at radius 2 is 2.08 bits per heavy atom. The van der Waals surface area contributed by atoms with Gasteiger partial charge in [-0.05, 0) is 18.2 Å². The topological polar surface area (TPSA) is 101 Å². The maximum atomic E-state index is 12.6. The van der Waals surface area contributed by atoms with Crippen LogP contribution >= 0.6 is 23.1 Å². The molecule has 0 aliphatic rings. The van der Waals surface area contributed by atoms with Crippen molar-refractivity contribution in [1.29, 1.82) is 0 Å². The van der Waals surface area contributed by atoms with E-state index in [-0.39, 0.29) is 5.91 Å². The summed E-state index contributed by atoms with van der Waals surface area (Å²) in [7, 11) is 0. The van der Waals surface area contributed by atoms with E-state index in [2.05, 4.69) is 29.1 Å². The first-order valence-corrected chi connectivity index (χ1v) is 9.71. The SMILES string of the molecule is CC(C)Sc1ccccc1C(=O)Nc1nc(-c2c[nH]c(C(N)=O)c2)cs1. The van der Waals surface area contributed by atoms with Gasteiger partial charge in [-0.2, -0.15) is 0 Å². The van der Waals surface area contributed by atoms with Gasteiger partial charge >= 0.3 is 0 Å². The van der Waals surface area contributed by atoms with Crippen LogP contribution in [0.25, 0.3) is 11.3 Å². The largest absolute Gasteiger partial charge is 0.364 e. The number of amides is 2. The minimum absolute atomic E-state index is 0.193. The van der Waals surface area contributed by atoms with Crippen LogP contribution in [-0.2, 0) is 0 Å². The predicted octanol–water partition coefficient (Wildman–Crippen LogP) is 3.99. The summed E-state index contributed by atoms with van der Waals surface area (Å²) in [5.74, 6) is -0.721. The monoisotopic (exact) mass is 386 g/mol. The lowest BCUT2D eigenvalue weighted by Crippen LogP contribution is -2.13. The summed E-state index contributed by atoms with van der Waals surface area (Å²) in [6, 6.07) is 9.15. The van der Waals surface area contributed by atoms with Crippen LogP contribution in [0.3, 0.4) is 0 Å².